The van der Waals surface area contributed by atoms with Gasteiger partial charge in [-0.15, -0.1) is 0 Å². The third-order valence-electron chi connectivity index (χ3n) is 2.71. The highest BCUT2D eigenvalue weighted by molar-refractivity contribution is 8.00. The van der Waals surface area contributed by atoms with Crippen molar-refractivity contribution in [2.45, 2.75) is 30.4 Å². The van der Waals surface area contributed by atoms with E-state index in [1.807, 2.05) is 11.8 Å². The number of hydrogen-bond acceptors (Lipinski definition) is 2. The highest BCUT2D eigenvalue weighted by Crippen LogP contribution is 2.39. The molecule has 0 spiro atoms. The van der Waals surface area contributed by atoms with Crippen molar-refractivity contribution in [3.05, 3.63) is 11.6 Å². The third-order valence-corrected chi connectivity index (χ3v) is 4.26. The van der Waals surface area contributed by atoms with Gasteiger partial charge in [-0.3, -0.25) is 0 Å². The van der Waals surface area contributed by atoms with Crippen LogP contribution in [0.3, 0.4) is 0 Å². The van der Waals surface area contributed by atoms with Gasteiger partial charge in [-0.1, -0.05) is 31.0 Å². The van der Waals surface area contributed by atoms with Crippen molar-refractivity contribution in [1.82, 2.24) is 5.32 Å². The number of halogens is 1. The Balaban J connectivity index is 2.27. The molecule has 0 saturated heterocycles. The smallest absolute Gasteiger partial charge is 0.0308 e. The van der Waals surface area contributed by atoms with Gasteiger partial charge in [0.15, 0.2) is 0 Å². The zero-order valence-electron chi connectivity index (χ0n) is 8.24. The van der Waals surface area contributed by atoms with Crippen molar-refractivity contribution >= 4 is 23.4 Å². The summed E-state index contributed by atoms with van der Waals surface area (Å²) in [5.41, 5.74) is 0. The van der Waals surface area contributed by atoms with Gasteiger partial charge in [-0.2, -0.15) is 11.8 Å². The molecule has 76 valence electrons. The van der Waals surface area contributed by atoms with Crippen LogP contribution in [-0.4, -0.2) is 24.1 Å². The second kappa shape index (κ2) is 5.28. The van der Waals surface area contributed by atoms with Crippen LogP contribution in [-0.2, 0) is 0 Å². The summed E-state index contributed by atoms with van der Waals surface area (Å²) in [6, 6.07) is 0. The lowest BCUT2D eigenvalue weighted by Crippen LogP contribution is -2.35. The maximum Gasteiger partial charge on any atom is 0.0308 e. The standard InChI is InChI=1S/C10H18ClNS/c1-9(11)7-12-8-10(13-2)5-3-4-6-10/h12H,1,3-8H2,2H3. The Bertz CT molecular complexity index is 176. The van der Waals surface area contributed by atoms with Gasteiger partial charge in [-0.05, 0) is 19.1 Å². The molecule has 0 atom stereocenters. The summed E-state index contributed by atoms with van der Waals surface area (Å²) in [5, 5.41) is 4.07. The van der Waals surface area contributed by atoms with Gasteiger partial charge in [0.2, 0.25) is 0 Å². The number of nitrogens with one attached hydrogen (secondary N) is 1. The van der Waals surface area contributed by atoms with Crippen molar-refractivity contribution in [1.29, 1.82) is 0 Å². The number of hydrogen-bond donors (Lipinski definition) is 1. The maximum atomic E-state index is 5.69. The molecular formula is C10H18ClNS. The molecule has 0 heterocycles. The summed E-state index contributed by atoms with van der Waals surface area (Å²) in [4.78, 5) is 0. The van der Waals surface area contributed by atoms with Crippen molar-refractivity contribution in [2.75, 3.05) is 19.3 Å². The van der Waals surface area contributed by atoms with E-state index in [1.54, 1.807) is 0 Å². The summed E-state index contributed by atoms with van der Waals surface area (Å²) in [6.07, 6.45) is 7.66. The molecule has 0 aromatic rings. The Labute approximate surface area is 90.3 Å². The minimum Gasteiger partial charge on any atom is -0.310 e. The molecule has 1 saturated carbocycles. The van der Waals surface area contributed by atoms with E-state index in [4.69, 9.17) is 11.6 Å². The van der Waals surface area contributed by atoms with E-state index in [0.29, 0.717) is 9.78 Å². The highest BCUT2D eigenvalue weighted by atomic mass is 35.5. The molecular weight excluding hydrogens is 202 g/mol. The topological polar surface area (TPSA) is 12.0 Å². The van der Waals surface area contributed by atoms with Crippen LogP contribution in [0.2, 0.25) is 0 Å². The normalized spacial score (nSPS) is 20.5. The SMILES string of the molecule is C=C(Cl)CNCC1(SC)CCCC1. The van der Waals surface area contributed by atoms with Crippen molar-refractivity contribution in [2.24, 2.45) is 0 Å². The Hall–Kier alpha value is 0.340. The molecule has 0 bridgehead atoms. The molecule has 1 aliphatic rings. The molecule has 3 heteroatoms. The molecule has 13 heavy (non-hydrogen) atoms. The van der Waals surface area contributed by atoms with Gasteiger partial charge in [0.05, 0.1) is 0 Å². The minimum atomic E-state index is 0.479. The molecule has 0 amide bonds. The van der Waals surface area contributed by atoms with E-state index in [0.717, 1.165) is 13.1 Å². The zero-order valence-corrected chi connectivity index (χ0v) is 9.81. The van der Waals surface area contributed by atoms with Gasteiger partial charge in [0, 0.05) is 22.9 Å². The molecule has 1 rings (SSSR count). The molecule has 0 unspecified atom stereocenters. The van der Waals surface area contributed by atoms with Crippen LogP contribution in [0.4, 0.5) is 0 Å². The molecule has 1 nitrogen and oxygen atoms in total. The summed E-state index contributed by atoms with van der Waals surface area (Å²) < 4.78 is 0.479. The van der Waals surface area contributed by atoms with E-state index < -0.39 is 0 Å². The van der Waals surface area contributed by atoms with E-state index >= 15 is 0 Å². The van der Waals surface area contributed by atoms with E-state index in [2.05, 4.69) is 18.2 Å². The van der Waals surface area contributed by atoms with Crippen molar-refractivity contribution in [3.63, 3.8) is 0 Å². The first-order valence-electron chi connectivity index (χ1n) is 4.78. The lowest BCUT2D eigenvalue weighted by Gasteiger charge is -2.26. The molecule has 0 aromatic heterocycles. The first kappa shape index (κ1) is 11.4. The molecule has 0 radical (unpaired) electrons. The van der Waals surface area contributed by atoms with Gasteiger partial charge in [-0.25, -0.2) is 0 Å². The van der Waals surface area contributed by atoms with E-state index in [-0.39, 0.29) is 0 Å². The average Bonchev–Trinajstić information content (AvgIpc) is 2.53. The first-order chi connectivity index (χ1) is 6.18. The molecule has 0 aliphatic heterocycles. The van der Waals surface area contributed by atoms with Gasteiger partial charge < -0.3 is 5.32 Å². The van der Waals surface area contributed by atoms with Crippen molar-refractivity contribution < 1.29 is 0 Å². The highest BCUT2D eigenvalue weighted by Gasteiger charge is 2.32. The second-order valence-corrected chi connectivity index (χ2v) is 5.52. The molecule has 1 fully saturated rings. The van der Waals surface area contributed by atoms with Crippen LogP contribution in [0.5, 0.6) is 0 Å². The Kier molecular flexibility index (Phi) is 4.63. The largest absolute Gasteiger partial charge is 0.310 e. The lowest BCUT2D eigenvalue weighted by atomic mass is 10.1. The van der Waals surface area contributed by atoms with Crippen molar-refractivity contribution in [3.8, 4) is 0 Å². The Morgan fingerprint density at radius 2 is 2.15 bits per heavy atom. The first-order valence-corrected chi connectivity index (χ1v) is 6.38. The average molecular weight is 220 g/mol. The lowest BCUT2D eigenvalue weighted by molar-refractivity contribution is 0.552. The number of rotatable bonds is 5. The van der Waals surface area contributed by atoms with Gasteiger partial charge in [0.1, 0.15) is 0 Å². The van der Waals surface area contributed by atoms with Crippen LogP contribution in [0, 0.1) is 0 Å². The Morgan fingerprint density at radius 3 is 2.62 bits per heavy atom. The predicted molar refractivity (Wildman–Crippen MR) is 62.6 cm³/mol. The van der Waals surface area contributed by atoms with Crippen LogP contribution < -0.4 is 5.32 Å². The zero-order chi connectivity index (χ0) is 9.73. The maximum absolute atomic E-state index is 5.69. The molecule has 1 aliphatic carbocycles. The third kappa shape index (κ3) is 3.53. The fraction of sp³-hybridized carbons (Fsp3) is 0.800. The fourth-order valence-corrected chi connectivity index (χ4v) is 2.94. The summed E-state index contributed by atoms with van der Waals surface area (Å²) in [5.74, 6) is 0. The van der Waals surface area contributed by atoms with E-state index in [1.165, 1.54) is 25.7 Å². The Morgan fingerprint density at radius 1 is 1.54 bits per heavy atom. The van der Waals surface area contributed by atoms with Crippen LogP contribution in [0.1, 0.15) is 25.7 Å². The van der Waals surface area contributed by atoms with Crippen LogP contribution in [0.25, 0.3) is 0 Å². The monoisotopic (exact) mass is 219 g/mol. The van der Waals surface area contributed by atoms with Crippen LogP contribution in [0.15, 0.2) is 11.6 Å². The summed E-state index contributed by atoms with van der Waals surface area (Å²) >= 11 is 7.68. The van der Waals surface area contributed by atoms with Gasteiger partial charge in [0.25, 0.3) is 0 Å². The second-order valence-electron chi connectivity index (χ2n) is 3.72. The summed E-state index contributed by atoms with van der Waals surface area (Å²) in [6.45, 7) is 5.47. The van der Waals surface area contributed by atoms with E-state index in [9.17, 15) is 0 Å². The molecule has 1 N–H and O–H groups in total. The molecule has 0 aromatic carbocycles. The minimum absolute atomic E-state index is 0.479. The summed E-state index contributed by atoms with van der Waals surface area (Å²) in [7, 11) is 0. The number of thioether (sulfide) groups is 1. The quantitative estimate of drug-likeness (QED) is 0.763. The van der Waals surface area contributed by atoms with Crippen LogP contribution >= 0.6 is 23.4 Å². The predicted octanol–water partition coefficient (Wildman–Crippen LogP) is 3.00. The fourth-order valence-electron chi connectivity index (χ4n) is 1.90. The van der Waals surface area contributed by atoms with Gasteiger partial charge >= 0.3 is 0 Å².